The van der Waals surface area contributed by atoms with Gasteiger partial charge in [0.25, 0.3) is 0 Å². The number of amides is 1. The van der Waals surface area contributed by atoms with E-state index in [1.165, 1.54) is 0 Å². The van der Waals surface area contributed by atoms with E-state index in [0.717, 1.165) is 5.56 Å². The summed E-state index contributed by atoms with van der Waals surface area (Å²) in [5, 5.41) is 2.96. The van der Waals surface area contributed by atoms with Gasteiger partial charge in [-0.1, -0.05) is 51.1 Å². The Bertz CT molecular complexity index is 285. The molecule has 1 N–H and O–H groups in total. The first-order valence-corrected chi connectivity index (χ1v) is 6.19. The predicted octanol–water partition coefficient (Wildman–Crippen LogP) is 3.04. The van der Waals surface area contributed by atoms with Crippen molar-refractivity contribution in [2.45, 2.75) is 39.0 Å². The van der Waals surface area contributed by atoms with E-state index in [1.807, 2.05) is 51.1 Å². The number of carbonyl (C=O) groups is 1. The summed E-state index contributed by atoms with van der Waals surface area (Å²) in [4.78, 5) is 11.3. The van der Waals surface area contributed by atoms with Gasteiger partial charge >= 0.3 is 0 Å². The molecule has 0 fully saturated rings. The van der Waals surface area contributed by atoms with Crippen molar-refractivity contribution >= 4 is 18.5 Å². The van der Waals surface area contributed by atoms with Crippen LogP contribution in [0.25, 0.3) is 0 Å². The summed E-state index contributed by atoms with van der Waals surface area (Å²) in [6.07, 6.45) is 0.468. The number of nitrogens with one attached hydrogen (secondary N) is 1. The molecule has 0 aliphatic carbocycles. The van der Waals surface area contributed by atoms with Crippen LogP contribution in [0.4, 0.5) is 0 Å². The van der Waals surface area contributed by atoms with Gasteiger partial charge in [-0.05, 0) is 5.56 Å². The highest BCUT2D eigenvalue weighted by molar-refractivity contribution is 7.80. The normalized spacial score (nSPS) is 11.0. The van der Waals surface area contributed by atoms with E-state index in [0.29, 0.717) is 13.0 Å². The Balaban J connectivity index is 0.00000106. The van der Waals surface area contributed by atoms with Gasteiger partial charge in [-0.3, -0.25) is 4.79 Å². The highest BCUT2D eigenvalue weighted by Gasteiger charge is 2.03. The number of hydrogen-bond acceptors (Lipinski definition) is 2. The molecule has 1 atom stereocenters. The molecule has 1 amide bonds. The molecule has 1 rings (SSSR count). The van der Waals surface area contributed by atoms with Gasteiger partial charge in [-0.15, -0.1) is 0 Å². The van der Waals surface area contributed by atoms with Crippen molar-refractivity contribution in [3.63, 3.8) is 0 Å². The molecular formula is C13H21NOS. The van der Waals surface area contributed by atoms with Crippen molar-refractivity contribution in [1.82, 2.24) is 5.32 Å². The fourth-order valence-corrected chi connectivity index (χ4v) is 1.30. The molecular weight excluding hydrogens is 218 g/mol. The SMILES string of the molecule is CC.CC(S)CC(=O)NCc1ccccc1. The van der Waals surface area contributed by atoms with Crippen molar-refractivity contribution in [3.05, 3.63) is 35.9 Å². The molecule has 0 heterocycles. The topological polar surface area (TPSA) is 29.1 Å². The van der Waals surface area contributed by atoms with Gasteiger partial charge in [0.15, 0.2) is 0 Å². The standard InChI is InChI=1S/C11H15NOS.C2H6/c1-9(14)7-11(13)12-8-10-5-3-2-4-6-10;1-2/h2-6,9,14H,7-8H2,1H3,(H,12,13);1-2H3. The Hall–Kier alpha value is -0.960. The second-order valence-corrected chi connectivity index (χ2v) is 4.20. The van der Waals surface area contributed by atoms with Gasteiger partial charge in [-0.25, -0.2) is 0 Å². The first-order chi connectivity index (χ1) is 7.68. The third kappa shape index (κ3) is 7.35. The number of carbonyl (C=O) groups excluding carboxylic acids is 1. The Morgan fingerprint density at radius 2 is 1.88 bits per heavy atom. The lowest BCUT2D eigenvalue weighted by molar-refractivity contribution is -0.121. The van der Waals surface area contributed by atoms with Crippen molar-refractivity contribution in [1.29, 1.82) is 0 Å². The summed E-state index contributed by atoms with van der Waals surface area (Å²) >= 11 is 4.16. The van der Waals surface area contributed by atoms with E-state index >= 15 is 0 Å². The number of hydrogen-bond donors (Lipinski definition) is 2. The molecule has 90 valence electrons. The fourth-order valence-electron chi connectivity index (χ4n) is 1.14. The van der Waals surface area contributed by atoms with Crippen molar-refractivity contribution in [2.75, 3.05) is 0 Å². The molecule has 0 aliphatic rings. The summed E-state index contributed by atoms with van der Waals surface area (Å²) in [5.41, 5.74) is 1.12. The molecule has 0 bridgehead atoms. The maximum atomic E-state index is 11.3. The minimum atomic E-state index is 0.0522. The van der Waals surface area contributed by atoms with E-state index in [-0.39, 0.29) is 11.2 Å². The van der Waals surface area contributed by atoms with Gasteiger partial charge in [0, 0.05) is 18.2 Å². The Kier molecular flexibility index (Phi) is 8.72. The summed E-state index contributed by atoms with van der Waals surface area (Å²) in [6.45, 7) is 6.51. The summed E-state index contributed by atoms with van der Waals surface area (Å²) in [7, 11) is 0. The average molecular weight is 239 g/mol. The number of thiol groups is 1. The highest BCUT2D eigenvalue weighted by Crippen LogP contribution is 2.00. The molecule has 0 saturated carbocycles. The minimum absolute atomic E-state index is 0.0522. The molecule has 0 aliphatic heterocycles. The Morgan fingerprint density at radius 3 is 2.38 bits per heavy atom. The zero-order valence-electron chi connectivity index (χ0n) is 10.2. The third-order valence-corrected chi connectivity index (χ3v) is 2.00. The average Bonchev–Trinajstić information content (AvgIpc) is 2.30. The second-order valence-electron chi connectivity index (χ2n) is 3.32. The molecule has 1 aromatic rings. The van der Waals surface area contributed by atoms with Gasteiger partial charge in [0.1, 0.15) is 0 Å². The highest BCUT2D eigenvalue weighted by atomic mass is 32.1. The smallest absolute Gasteiger partial charge is 0.221 e. The zero-order valence-corrected chi connectivity index (χ0v) is 11.1. The molecule has 1 unspecified atom stereocenters. The van der Waals surface area contributed by atoms with Gasteiger partial charge in [-0.2, -0.15) is 12.6 Å². The van der Waals surface area contributed by atoms with E-state index < -0.39 is 0 Å². The van der Waals surface area contributed by atoms with Crippen LogP contribution in [-0.4, -0.2) is 11.2 Å². The van der Waals surface area contributed by atoms with E-state index in [1.54, 1.807) is 0 Å². The minimum Gasteiger partial charge on any atom is -0.352 e. The van der Waals surface area contributed by atoms with Crippen LogP contribution in [0.1, 0.15) is 32.8 Å². The van der Waals surface area contributed by atoms with E-state index in [4.69, 9.17) is 0 Å². The van der Waals surface area contributed by atoms with Crippen molar-refractivity contribution in [2.24, 2.45) is 0 Å². The lowest BCUT2D eigenvalue weighted by atomic mass is 10.2. The molecule has 1 aromatic carbocycles. The Labute approximate surface area is 104 Å². The van der Waals surface area contributed by atoms with Crippen molar-refractivity contribution < 1.29 is 4.79 Å². The Morgan fingerprint density at radius 1 is 1.31 bits per heavy atom. The first kappa shape index (κ1) is 15.0. The van der Waals surface area contributed by atoms with Crippen molar-refractivity contribution in [3.8, 4) is 0 Å². The second kappa shape index (κ2) is 9.28. The van der Waals surface area contributed by atoms with Crippen LogP contribution in [0.15, 0.2) is 30.3 Å². The van der Waals surface area contributed by atoms with Gasteiger partial charge in [0.05, 0.1) is 0 Å². The lowest BCUT2D eigenvalue weighted by Gasteiger charge is -2.06. The summed E-state index contributed by atoms with van der Waals surface area (Å²) < 4.78 is 0. The van der Waals surface area contributed by atoms with Crippen LogP contribution < -0.4 is 5.32 Å². The molecule has 16 heavy (non-hydrogen) atoms. The molecule has 2 nitrogen and oxygen atoms in total. The quantitative estimate of drug-likeness (QED) is 0.777. The van der Waals surface area contributed by atoms with Crippen LogP contribution in [0.5, 0.6) is 0 Å². The largest absolute Gasteiger partial charge is 0.352 e. The number of rotatable bonds is 4. The molecule has 0 radical (unpaired) electrons. The lowest BCUT2D eigenvalue weighted by Crippen LogP contribution is -2.24. The maximum Gasteiger partial charge on any atom is 0.221 e. The van der Waals surface area contributed by atoms with E-state index in [9.17, 15) is 4.79 Å². The molecule has 0 aromatic heterocycles. The molecule has 0 saturated heterocycles. The van der Waals surface area contributed by atoms with Crippen LogP contribution >= 0.6 is 12.6 Å². The monoisotopic (exact) mass is 239 g/mol. The fraction of sp³-hybridized carbons (Fsp3) is 0.462. The summed E-state index contributed by atoms with van der Waals surface area (Å²) in [6, 6.07) is 9.86. The van der Waals surface area contributed by atoms with Gasteiger partial charge < -0.3 is 5.32 Å². The van der Waals surface area contributed by atoms with E-state index in [2.05, 4.69) is 17.9 Å². The first-order valence-electron chi connectivity index (χ1n) is 5.67. The summed E-state index contributed by atoms with van der Waals surface area (Å²) in [5.74, 6) is 0.0522. The van der Waals surface area contributed by atoms with Crippen LogP contribution in [0.3, 0.4) is 0 Å². The molecule has 3 heteroatoms. The predicted molar refractivity (Wildman–Crippen MR) is 72.7 cm³/mol. The number of benzene rings is 1. The van der Waals surface area contributed by atoms with Crippen LogP contribution in [0.2, 0.25) is 0 Å². The zero-order chi connectivity index (χ0) is 12.4. The van der Waals surface area contributed by atoms with Crippen LogP contribution in [-0.2, 0) is 11.3 Å². The third-order valence-electron chi connectivity index (χ3n) is 1.81. The van der Waals surface area contributed by atoms with Gasteiger partial charge in [0.2, 0.25) is 5.91 Å². The maximum absolute atomic E-state index is 11.3. The van der Waals surface area contributed by atoms with Crippen LogP contribution in [0, 0.1) is 0 Å². The molecule has 0 spiro atoms.